The number of hydrogen-bond acceptors (Lipinski definition) is 7. The van der Waals surface area contributed by atoms with Gasteiger partial charge in [-0.25, -0.2) is 14.4 Å². The van der Waals surface area contributed by atoms with Gasteiger partial charge in [0.2, 0.25) is 5.91 Å². The quantitative estimate of drug-likeness (QED) is 0.415. The molecule has 0 atom stereocenters. The summed E-state index contributed by atoms with van der Waals surface area (Å²) < 4.78 is 25.1. The van der Waals surface area contributed by atoms with E-state index in [9.17, 15) is 9.18 Å². The Morgan fingerprint density at radius 2 is 2.06 bits per heavy atom. The van der Waals surface area contributed by atoms with Crippen LogP contribution in [0.15, 0.2) is 48.8 Å². The molecule has 0 unspecified atom stereocenters. The van der Waals surface area contributed by atoms with E-state index in [0.717, 1.165) is 32.4 Å². The Labute approximate surface area is 213 Å². The first-order chi connectivity index (χ1) is 17.5. The van der Waals surface area contributed by atoms with E-state index in [1.54, 1.807) is 12.1 Å². The van der Waals surface area contributed by atoms with Crippen molar-refractivity contribution in [1.29, 1.82) is 0 Å². The average molecular weight is 512 g/mol. The van der Waals surface area contributed by atoms with E-state index in [-0.39, 0.29) is 17.0 Å². The highest BCUT2D eigenvalue weighted by atomic mass is 35.5. The maximum absolute atomic E-state index is 13.6. The molecular weight excluding hydrogens is 485 g/mol. The summed E-state index contributed by atoms with van der Waals surface area (Å²) in [6.07, 6.45) is 8.03. The maximum atomic E-state index is 13.6. The molecule has 0 spiro atoms. The molecule has 3 aromatic rings. The number of fused-ring (bicyclic) bond motifs is 1. The second-order valence-electron chi connectivity index (χ2n) is 8.82. The van der Waals surface area contributed by atoms with Crippen molar-refractivity contribution >= 4 is 45.6 Å². The van der Waals surface area contributed by atoms with Crippen LogP contribution >= 0.6 is 11.6 Å². The van der Waals surface area contributed by atoms with Gasteiger partial charge in [0.25, 0.3) is 0 Å². The number of aromatic nitrogens is 2. The number of morpholine rings is 1. The maximum Gasteiger partial charge on any atom is 0.248 e. The summed E-state index contributed by atoms with van der Waals surface area (Å²) in [4.78, 5) is 23.7. The summed E-state index contributed by atoms with van der Waals surface area (Å²) >= 11 is 5.93. The third-order valence-corrected chi connectivity index (χ3v) is 6.55. The summed E-state index contributed by atoms with van der Waals surface area (Å²) in [5, 5.41) is 6.80. The molecule has 2 N–H and O–H groups in total. The van der Waals surface area contributed by atoms with Crippen molar-refractivity contribution in [2.75, 3.05) is 43.5 Å². The summed E-state index contributed by atoms with van der Waals surface area (Å²) in [5.74, 6) is 0.310. The van der Waals surface area contributed by atoms with Crippen molar-refractivity contribution in [3.8, 4) is 5.75 Å². The number of carbonyl (C=O) groups excluding carboxylic acids is 1. The van der Waals surface area contributed by atoms with Crippen molar-refractivity contribution in [2.45, 2.75) is 25.4 Å². The van der Waals surface area contributed by atoms with Crippen LogP contribution in [-0.2, 0) is 9.53 Å². The Balaban J connectivity index is 1.39. The molecule has 1 saturated carbocycles. The fraction of sp³-hybridized carbons (Fsp3) is 0.346. The Morgan fingerprint density at radius 1 is 1.22 bits per heavy atom. The van der Waals surface area contributed by atoms with Crippen LogP contribution in [0, 0.1) is 5.82 Å². The Bertz CT molecular complexity index is 1280. The molecule has 1 aliphatic carbocycles. The van der Waals surface area contributed by atoms with Crippen LogP contribution < -0.4 is 15.4 Å². The van der Waals surface area contributed by atoms with Crippen molar-refractivity contribution in [2.24, 2.45) is 0 Å². The van der Waals surface area contributed by atoms with Gasteiger partial charge in [0.05, 0.1) is 35.5 Å². The zero-order valence-electron chi connectivity index (χ0n) is 19.7. The molecule has 36 heavy (non-hydrogen) atoms. The topological polar surface area (TPSA) is 88.6 Å². The van der Waals surface area contributed by atoms with Crippen LogP contribution in [0.2, 0.25) is 5.02 Å². The fourth-order valence-corrected chi connectivity index (χ4v) is 4.21. The van der Waals surface area contributed by atoms with Gasteiger partial charge in [-0.3, -0.25) is 9.69 Å². The molecule has 2 aliphatic rings. The second kappa shape index (κ2) is 11.2. The van der Waals surface area contributed by atoms with Crippen LogP contribution in [0.5, 0.6) is 5.75 Å². The first-order valence-corrected chi connectivity index (χ1v) is 12.4. The monoisotopic (exact) mass is 511 g/mol. The smallest absolute Gasteiger partial charge is 0.248 e. The van der Waals surface area contributed by atoms with E-state index >= 15 is 0 Å². The van der Waals surface area contributed by atoms with E-state index in [4.69, 9.17) is 21.1 Å². The first kappa shape index (κ1) is 24.4. The number of rotatable bonds is 8. The lowest BCUT2D eigenvalue weighted by Gasteiger charge is -2.27. The molecule has 0 bridgehead atoms. The largest absolute Gasteiger partial charge is 0.488 e. The molecule has 0 radical (unpaired) electrons. The fourth-order valence-electron chi connectivity index (χ4n) is 4.02. The van der Waals surface area contributed by atoms with E-state index in [2.05, 4.69) is 25.5 Å². The van der Waals surface area contributed by atoms with Gasteiger partial charge in [0.15, 0.2) is 0 Å². The summed E-state index contributed by atoms with van der Waals surface area (Å²) in [6.45, 7) is 3.81. The van der Waals surface area contributed by atoms with Crippen molar-refractivity contribution in [3.05, 3.63) is 59.7 Å². The van der Waals surface area contributed by atoms with Crippen molar-refractivity contribution in [3.63, 3.8) is 0 Å². The number of amides is 1. The predicted octanol–water partition coefficient (Wildman–Crippen LogP) is 4.92. The molecule has 1 saturated heterocycles. The Morgan fingerprint density at radius 3 is 2.81 bits per heavy atom. The van der Waals surface area contributed by atoms with Crippen molar-refractivity contribution in [1.82, 2.24) is 14.9 Å². The van der Waals surface area contributed by atoms with Gasteiger partial charge in [-0.2, -0.15) is 0 Å². The number of benzene rings is 2. The van der Waals surface area contributed by atoms with Gasteiger partial charge < -0.3 is 20.1 Å². The van der Waals surface area contributed by atoms with Gasteiger partial charge in [0, 0.05) is 42.9 Å². The zero-order valence-corrected chi connectivity index (χ0v) is 20.4. The number of halogens is 2. The second-order valence-corrected chi connectivity index (χ2v) is 9.22. The SMILES string of the molecule is O=C(/C=C/CN1CCOCC1)Nc1cc2c(Nc3ccc(F)c(Cl)c3)ncnc2cc1OC1CCC1. The number of nitrogens with zero attached hydrogens (tertiary/aromatic N) is 3. The zero-order chi connectivity index (χ0) is 24.9. The standard InChI is InChI=1S/C26H27ClFN5O3/c27-20-13-17(6-7-21(20)28)31-26-19-14-23(32-25(34)5-2-8-33-9-11-35-12-10-33)24(36-18-3-1-4-18)15-22(19)29-16-30-26/h2,5-7,13-16,18H,1,3-4,8-12H2,(H,32,34)(H,29,30,31)/b5-2+. The molecule has 1 aromatic heterocycles. The molecule has 2 aromatic carbocycles. The minimum atomic E-state index is -0.501. The molecule has 10 heteroatoms. The van der Waals surface area contributed by atoms with Gasteiger partial charge in [-0.1, -0.05) is 17.7 Å². The number of hydrogen-bond donors (Lipinski definition) is 2. The van der Waals surface area contributed by atoms with Gasteiger partial charge >= 0.3 is 0 Å². The lowest BCUT2D eigenvalue weighted by molar-refractivity contribution is -0.111. The first-order valence-electron chi connectivity index (χ1n) is 12.0. The molecule has 2 heterocycles. The van der Waals surface area contributed by atoms with E-state index in [1.165, 1.54) is 24.5 Å². The lowest BCUT2D eigenvalue weighted by atomic mass is 9.96. The third kappa shape index (κ3) is 5.92. The van der Waals surface area contributed by atoms with Crippen LogP contribution in [-0.4, -0.2) is 59.7 Å². The van der Waals surface area contributed by atoms with Gasteiger partial charge in [0.1, 0.15) is 23.7 Å². The summed E-state index contributed by atoms with van der Waals surface area (Å²) in [7, 11) is 0. The summed E-state index contributed by atoms with van der Waals surface area (Å²) in [6, 6.07) is 7.95. The van der Waals surface area contributed by atoms with Crippen molar-refractivity contribution < 1.29 is 18.7 Å². The minimum absolute atomic E-state index is 0.00589. The number of nitrogens with one attached hydrogen (secondary N) is 2. The summed E-state index contributed by atoms with van der Waals surface area (Å²) in [5.41, 5.74) is 1.76. The highest BCUT2D eigenvalue weighted by Crippen LogP contribution is 2.36. The van der Waals surface area contributed by atoms with Gasteiger partial charge in [-0.05, 0) is 43.5 Å². The van der Waals surface area contributed by atoms with Crippen LogP contribution in [0.3, 0.4) is 0 Å². The minimum Gasteiger partial charge on any atom is -0.488 e. The normalized spacial score (nSPS) is 16.7. The average Bonchev–Trinajstić information content (AvgIpc) is 2.85. The predicted molar refractivity (Wildman–Crippen MR) is 138 cm³/mol. The van der Waals surface area contributed by atoms with Crippen LogP contribution in [0.25, 0.3) is 10.9 Å². The Kier molecular flexibility index (Phi) is 7.60. The molecule has 2 fully saturated rings. The number of carbonyl (C=O) groups is 1. The van der Waals surface area contributed by atoms with Crippen LogP contribution in [0.4, 0.5) is 21.6 Å². The van der Waals surface area contributed by atoms with E-state index in [1.807, 2.05) is 12.1 Å². The molecule has 5 rings (SSSR count). The Hall–Kier alpha value is -3.27. The van der Waals surface area contributed by atoms with E-state index < -0.39 is 5.82 Å². The van der Waals surface area contributed by atoms with Gasteiger partial charge in [-0.15, -0.1) is 0 Å². The molecule has 1 aliphatic heterocycles. The lowest BCUT2D eigenvalue weighted by Crippen LogP contribution is -2.36. The van der Waals surface area contributed by atoms with Crippen LogP contribution in [0.1, 0.15) is 19.3 Å². The number of ether oxygens (including phenoxy) is 2. The molecule has 8 nitrogen and oxygen atoms in total. The molecule has 188 valence electrons. The van der Waals surface area contributed by atoms with E-state index in [0.29, 0.717) is 53.6 Å². The highest BCUT2D eigenvalue weighted by molar-refractivity contribution is 6.31. The highest BCUT2D eigenvalue weighted by Gasteiger charge is 2.22. The number of anilines is 3. The third-order valence-electron chi connectivity index (χ3n) is 6.26. The molecule has 1 amide bonds. The molecular formula is C26H27ClFN5O3.